The van der Waals surface area contributed by atoms with Crippen LogP contribution in [0.15, 0.2) is 159 Å². The summed E-state index contributed by atoms with van der Waals surface area (Å²) in [5.74, 6) is 0. The van der Waals surface area contributed by atoms with Crippen molar-refractivity contribution in [3.05, 3.63) is 204 Å². The molecule has 10 nitrogen and oxygen atoms in total. The zero-order valence-electron chi connectivity index (χ0n) is 27.5. The van der Waals surface area contributed by atoms with Crippen LogP contribution in [0.3, 0.4) is 0 Å². The fourth-order valence-electron chi connectivity index (χ4n) is 6.05. The van der Waals surface area contributed by atoms with E-state index in [0.717, 1.165) is 45.6 Å². The number of hydrogen-bond donors (Lipinski definition) is 0. The summed E-state index contributed by atoms with van der Waals surface area (Å²) in [4.78, 5) is 32.9. The summed E-state index contributed by atoms with van der Waals surface area (Å²) >= 11 is 0. The van der Waals surface area contributed by atoms with Gasteiger partial charge in [-0.2, -0.15) is 10.2 Å². The van der Waals surface area contributed by atoms with E-state index in [1.165, 1.54) is 0 Å². The van der Waals surface area contributed by atoms with Crippen LogP contribution in [0.2, 0.25) is 0 Å². The van der Waals surface area contributed by atoms with Crippen LogP contribution in [-0.4, -0.2) is 49.9 Å². The number of nitrogens with zero attached hydrogens (tertiary/aromatic N) is 10. The first-order chi connectivity index (χ1) is 24.8. The van der Waals surface area contributed by atoms with Crippen LogP contribution in [-0.2, 0) is 26.2 Å². The van der Waals surface area contributed by atoms with Gasteiger partial charge in [0.1, 0.15) is 0 Å². The molecular weight excluding hydrogens is 621 g/mol. The van der Waals surface area contributed by atoms with Gasteiger partial charge >= 0.3 is 0 Å². The molecule has 7 rings (SSSR count). The lowest BCUT2D eigenvalue weighted by molar-refractivity contribution is 0.190. The van der Waals surface area contributed by atoms with E-state index < -0.39 is 0 Å². The van der Waals surface area contributed by atoms with E-state index in [9.17, 15) is 0 Å². The van der Waals surface area contributed by atoms with E-state index in [1.807, 2.05) is 146 Å². The number of rotatable bonds is 14. The second kappa shape index (κ2) is 16.3. The summed E-state index contributed by atoms with van der Waals surface area (Å²) in [5.41, 5.74) is 7.11. The van der Waals surface area contributed by atoms with E-state index in [1.54, 1.807) is 0 Å². The Hall–Kier alpha value is -6.10. The Morgan fingerprint density at radius 1 is 0.320 bits per heavy atom. The molecule has 7 aromatic rings. The van der Waals surface area contributed by atoms with Crippen molar-refractivity contribution < 1.29 is 0 Å². The molecule has 0 aliphatic carbocycles. The third-order valence-corrected chi connectivity index (χ3v) is 8.29. The molecule has 0 radical (unpaired) electrons. The van der Waals surface area contributed by atoms with Crippen LogP contribution in [0, 0.1) is 0 Å². The maximum absolute atomic E-state index is 4.77. The van der Waals surface area contributed by atoms with Gasteiger partial charge in [0.2, 0.25) is 0 Å². The normalized spacial score (nSPS) is 11.4. The standard InChI is InChI=1S/C40H36N10/c1-7-21-41-31(13-1)27-49(39(35-15-3-9-23-43-35)36-16-4-10-24-44-36)29-33-19-20-34(48-47-33)30-50(28-32-14-2-8-22-42-32)40(37-17-5-11-25-45-37)38-18-6-12-26-46-38/h1-26,39-40H,27-30H2. The topological polar surface area (TPSA) is 110 Å². The second-order valence-corrected chi connectivity index (χ2v) is 11.8. The highest BCUT2D eigenvalue weighted by Crippen LogP contribution is 2.30. The molecule has 0 atom stereocenters. The van der Waals surface area contributed by atoms with Gasteiger partial charge in [0.15, 0.2) is 0 Å². The molecule has 0 N–H and O–H groups in total. The molecule has 0 fully saturated rings. The molecule has 7 aromatic heterocycles. The van der Waals surface area contributed by atoms with Crippen LogP contribution in [0.4, 0.5) is 0 Å². The molecule has 0 bridgehead atoms. The molecule has 50 heavy (non-hydrogen) atoms. The average Bonchev–Trinajstić information content (AvgIpc) is 3.18. The van der Waals surface area contributed by atoms with Gasteiger partial charge < -0.3 is 0 Å². The van der Waals surface area contributed by atoms with Gasteiger partial charge in [-0.3, -0.25) is 39.7 Å². The van der Waals surface area contributed by atoms with Crippen molar-refractivity contribution in [2.75, 3.05) is 0 Å². The number of aromatic nitrogens is 8. The summed E-state index contributed by atoms with van der Waals surface area (Å²) in [6.45, 7) is 2.14. The van der Waals surface area contributed by atoms with Crippen molar-refractivity contribution in [3.8, 4) is 0 Å². The van der Waals surface area contributed by atoms with Crippen LogP contribution >= 0.6 is 0 Å². The lowest BCUT2D eigenvalue weighted by Crippen LogP contribution is -2.32. The monoisotopic (exact) mass is 656 g/mol. The molecule has 10 heteroatoms. The van der Waals surface area contributed by atoms with Gasteiger partial charge in [-0.1, -0.05) is 36.4 Å². The maximum atomic E-state index is 4.77. The molecule has 0 spiro atoms. The van der Waals surface area contributed by atoms with Crippen LogP contribution in [0.25, 0.3) is 0 Å². The van der Waals surface area contributed by atoms with Gasteiger partial charge in [0.25, 0.3) is 0 Å². The zero-order valence-corrected chi connectivity index (χ0v) is 27.5. The fraction of sp³-hybridized carbons (Fsp3) is 0.150. The largest absolute Gasteiger partial charge is 0.278 e. The molecule has 0 aliphatic rings. The molecule has 0 aromatic carbocycles. The van der Waals surface area contributed by atoms with E-state index in [2.05, 4.69) is 31.9 Å². The fourth-order valence-corrected chi connectivity index (χ4v) is 6.05. The Morgan fingerprint density at radius 3 is 0.880 bits per heavy atom. The third-order valence-electron chi connectivity index (χ3n) is 8.29. The summed E-state index contributed by atoms with van der Waals surface area (Å²) < 4.78 is 0. The molecule has 0 saturated heterocycles. The summed E-state index contributed by atoms with van der Waals surface area (Å²) in [5, 5.41) is 9.54. The Morgan fingerprint density at radius 2 is 0.620 bits per heavy atom. The predicted octanol–water partition coefficient (Wildman–Crippen LogP) is 6.43. The Labute approximate surface area is 291 Å². The van der Waals surface area contributed by atoms with Gasteiger partial charge in [-0.15, -0.1) is 0 Å². The van der Waals surface area contributed by atoms with E-state index in [0.29, 0.717) is 26.2 Å². The average molecular weight is 657 g/mol. The summed E-state index contributed by atoms with van der Waals surface area (Å²) in [6, 6.07) is 39.5. The highest BCUT2D eigenvalue weighted by atomic mass is 15.2. The maximum Gasteiger partial charge on any atom is 0.0956 e. The molecule has 7 heterocycles. The lowest BCUT2D eigenvalue weighted by Gasteiger charge is -2.31. The zero-order chi connectivity index (χ0) is 33.8. The first kappa shape index (κ1) is 32.4. The molecule has 0 amide bonds. The quantitative estimate of drug-likeness (QED) is 0.130. The van der Waals surface area contributed by atoms with Crippen LogP contribution in [0.5, 0.6) is 0 Å². The Bertz CT molecular complexity index is 1780. The van der Waals surface area contributed by atoms with Gasteiger partial charge in [-0.05, 0) is 84.9 Å². The number of hydrogen-bond acceptors (Lipinski definition) is 10. The minimum Gasteiger partial charge on any atom is -0.278 e. The molecule has 0 unspecified atom stereocenters. The predicted molar refractivity (Wildman–Crippen MR) is 190 cm³/mol. The summed E-state index contributed by atoms with van der Waals surface area (Å²) in [7, 11) is 0. The highest BCUT2D eigenvalue weighted by Gasteiger charge is 2.28. The van der Waals surface area contributed by atoms with Crippen molar-refractivity contribution in [3.63, 3.8) is 0 Å². The van der Waals surface area contributed by atoms with E-state index in [-0.39, 0.29) is 12.1 Å². The van der Waals surface area contributed by atoms with Crippen molar-refractivity contribution in [1.29, 1.82) is 0 Å². The lowest BCUT2D eigenvalue weighted by atomic mass is 10.0. The van der Waals surface area contributed by atoms with Gasteiger partial charge in [0.05, 0.1) is 57.6 Å². The van der Waals surface area contributed by atoms with Crippen LogP contribution < -0.4 is 0 Å². The smallest absolute Gasteiger partial charge is 0.0956 e. The Kier molecular flexibility index (Phi) is 10.6. The van der Waals surface area contributed by atoms with Gasteiger partial charge in [0, 0.05) is 63.4 Å². The summed E-state index contributed by atoms with van der Waals surface area (Å²) in [6.07, 6.45) is 10.9. The van der Waals surface area contributed by atoms with Crippen molar-refractivity contribution >= 4 is 0 Å². The third kappa shape index (κ3) is 8.30. The molecular formula is C40H36N10. The molecule has 0 saturated carbocycles. The van der Waals surface area contributed by atoms with Crippen molar-refractivity contribution in [2.45, 2.75) is 38.3 Å². The minimum absolute atomic E-state index is 0.229. The van der Waals surface area contributed by atoms with Crippen molar-refractivity contribution in [1.82, 2.24) is 49.9 Å². The SMILES string of the molecule is c1ccc(CN(Cc2ccc(CN(Cc3ccccn3)C(c3ccccn3)c3ccccn3)nn2)C(c2ccccn2)c2ccccn2)nc1. The van der Waals surface area contributed by atoms with Crippen molar-refractivity contribution in [2.24, 2.45) is 0 Å². The first-order valence-corrected chi connectivity index (χ1v) is 16.5. The van der Waals surface area contributed by atoms with Crippen LogP contribution in [0.1, 0.15) is 57.6 Å². The molecule has 246 valence electrons. The number of pyridine rings is 6. The second-order valence-electron chi connectivity index (χ2n) is 11.8. The van der Waals surface area contributed by atoms with E-state index in [4.69, 9.17) is 30.1 Å². The van der Waals surface area contributed by atoms with Gasteiger partial charge in [-0.25, -0.2) is 0 Å². The Balaban J connectivity index is 1.20. The molecule has 0 aliphatic heterocycles. The highest BCUT2D eigenvalue weighted by molar-refractivity contribution is 5.25. The minimum atomic E-state index is -0.229. The first-order valence-electron chi connectivity index (χ1n) is 16.5. The van der Waals surface area contributed by atoms with E-state index >= 15 is 0 Å².